The number of ether oxygens (including phenoxy) is 4. The molecule has 19 heteroatoms. The third kappa shape index (κ3) is 69.2. The van der Waals surface area contributed by atoms with E-state index in [1.165, 1.54) is 122 Å². The smallest absolute Gasteiger partial charge is 0.462 e. The van der Waals surface area contributed by atoms with Crippen molar-refractivity contribution in [2.75, 3.05) is 39.6 Å². The lowest BCUT2D eigenvalue weighted by Crippen LogP contribution is -2.30. The van der Waals surface area contributed by atoms with Crippen LogP contribution in [0.15, 0.2) is 60.8 Å². The summed E-state index contributed by atoms with van der Waals surface area (Å²) in [6, 6.07) is 0. The topological polar surface area (TPSA) is 237 Å². The van der Waals surface area contributed by atoms with Crippen molar-refractivity contribution in [3.8, 4) is 0 Å². The normalized spacial score (nSPS) is 14.3. The summed E-state index contributed by atoms with van der Waals surface area (Å²) < 4.78 is 68.4. The zero-order chi connectivity index (χ0) is 70.4. The monoisotopic (exact) mass is 1400 g/mol. The first-order valence-electron chi connectivity index (χ1n) is 38.5. The molecule has 0 aliphatic heterocycles. The quantitative estimate of drug-likeness (QED) is 0.0169. The number of phosphoric ester groups is 2. The van der Waals surface area contributed by atoms with Gasteiger partial charge in [-0.1, -0.05) is 275 Å². The molecule has 3 N–H and O–H groups in total. The Morgan fingerprint density at radius 3 is 0.833 bits per heavy atom. The van der Waals surface area contributed by atoms with Gasteiger partial charge < -0.3 is 33.8 Å². The van der Waals surface area contributed by atoms with Crippen LogP contribution in [0.3, 0.4) is 0 Å². The van der Waals surface area contributed by atoms with Crippen LogP contribution in [0.4, 0.5) is 0 Å². The zero-order valence-corrected chi connectivity index (χ0v) is 62.8. The van der Waals surface area contributed by atoms with Crippen LogP contribution in [-0.2, 0) is 65.4 Å². The second kappa shape index (κ2) is 70.2. The predicted molar refractivity (Wildman–Crippen MR) is 390 cm³/mol. The molecule has 0 spiro atoms. The van der Waals surface area contributed by atoms with E-state index < -0.39 is 97.5 Å². The molecule has 560 valence electrons. The third-order valence-electron chi connectivity index (χ3n) is 16.5. The van der Waals surface area contributed by atoms with Crippen molar-refractivity contribution in [3.63, 3.8) is 0 Å². The Balaban J connectivity index is 5.32. The Morgan fingerprint density at radius 1 is 0.292 bits per heavy atom. The fourth-order valence-electron chi connectivity index (χ4n) is 10.5. The number of hydrogen-bond donors (Lipinski definition) is 3. The second-order valence-corrected chi connectivity index (χ2v) is 28.9. The second-order valence-electron chi connectivity index (χ2n) is 25.9. The number of rotatable bonds is 73. The molecule has 5 unspecified atom stereocenters. The van der Waals surface area contributed by atoms with Crippen molar-refractivity contribution < 1.29 is 80.2 Å². The summed E-state index contributed by atoms with van der Waals surface area (Å²) in [4.78, 5) is 72.8. The van der Waals surface area contributed by atoms with Crippen molar-refractivity contribution in [1.82, 2.24) is 0 Å². The molecule has 5 atom stereocenters. The van der Waals surface area contributed by atoms with E-state index in [0.717, 1.165) is 148 Å². The fraction of sp³-hybridized carbons (Fsp3) is 0.818. The maximum absolute atomic E-state index is 13.1. The first-order valence-corrected chi connectivity index (χ1v) is 41.5. The largest absolute Gasteiger partial charge is 0.472 e. The highest BCUT2D eigenvalue weighted by Gasteiger charge is 2.30. The van der Waals surface area contributed by atoms with Gasteiger partial charge in [0.2, 0.25) is 0 Å². The Morgan fingerprint density at radius 2 is 0.521 bits per heavy atom. The van der Waals surface area contributed by atoms with Gasteiger partial charge in [-0.05, 0) is 109 Å². The molecule has 0 aromatic carbocycles. The number of aliphatic hydroxyl groups is 1. The first-order chi connectivity index (χ1) is 46.7. The number of aliphatic hydroxyl groups excluding tert-OH is 1. The highest BCUT2D eigenvalue weighted by atomic mass is 31.2. The maximum Gasteiger partial charge on any atom is 0.472 e. The Labute approximate surface area is 584 Å². The molecule has 0 aliphatic carbocycles. The summed E-state index contributed by atoms with van der Waals surface area (Å²) in [6.45, 7) is 4.79. The average molecular weight is 1400 g/mol. The molecule has 0 rings (SSSR count). The molecule has 0 aromatic rings. The van der Waals surface area contributed by atoms with Crippen molar-refractivity contribution in [1.29, 1.82) is 0 Å². The number of esters is 4. The van der Waals surface area contributed by atoms with Gasteiger partial charge in [0.05, 0.1) is 26.4 Å². The van der Waals surface area contributed by atoms with Crippen molar-refractivity contribution in [3.05, 3.63) is 60.8 Å². The van der Waals surface area contributed by atoms with Gasteiger partial charge in [-0.25, -0.2) is 9.13 Å². The molecule has 0 saturated carbocycles. The van der Waals surface area contributed by atoms with Crippen LogP contribution in [0, 0.1) is 0 Å². The Kier molecular flexibility index (Phi) is 67.8. The molecule has 0 fully saturated rings. The third-order valence-corrected chi connectivity index (χ3v) is 18.4. The number of allylic oxidation sites excluding steroid dienone is 10. The molecular formula is C77H140O17P2. The number of phosphoric acid groups is 2. The van der Waals surface area contributed by atoms with E-state index in [9.17, 15) is 43.2 Å². The van der Waals surface area contributed by atoms with Crippen LogP contribution in [0.2, 0.25) is 0 Å². The summed E-state index contributed by atoms with van der Waals surface area (Å²) in [5.41, 5.74) is 0. The minimum Gasteiger partial charge on any atom is -0.462 e. The number of carbonyl (C=O) groups excluding carboxylic acids is 4. The van der Waals surface area contributed by atoms with Crippen LogP contribution in [0.25, 0.3) is 0 Å². The Bertz CT molecular complexity index is 2060. The maximum atomic E-state index is 13.1. The van der Waals surface area contributed by atoms with Gasteiger partial charge in [-0.2, -0.15) is 0 Å². The van der Waals surface area contributed by atoms with Crippen molar-refractivity contribution in [2.45, 2.75) is 367 Å². The summed E-state index contributed by atoms with van der Waals surface area (Å²) >= 11 is 0. The molecule has 96 heavy (non-hydrogen) atoms. The van der Waals surface area contributed by atoms with Gasteiger partial charge in [0.25, 0.3) is 0 Å². The zero-order valence-electron chi connectivity index (χ0n) is 61.1. The predicted octanol–water partition coefficient (Wildman–Crippen LogP) is 21.9. The van der Waals surface area contributed by atoms with E-state index in [1.807, 2.05) is 0 Å². The molecule has 0 aromatic heterocycles. The van der Waals surface area contributed by atoms with Crippen molar-refractivity contribution in [2.24, 2.45) is 0 Å². The van der Waals surface area contributed by atoms with Gasteiger partial charge in [0.1, 0.15) is 19.3 Å². The summed E-state index contributed by atoms with van der Waals surface area (Å²) in [5.74, 6) is -2.19. The lowest BCUT2D eigenvalue weighted by molar-refractivity contribution is -0.161. The van der Waals surface area contributed by atoms with Crippen LogP contribution in [0.5, 0.6) is 0 Å². The molecule has 0 radical (unpaired) electrons. The lowest BCUT2D eigenvalue weighted by Gasteiger charge is -2.21. The summed E-state index contributed by atoms with van der Waals surface area (Å²) in [7, 11) is -9.94. The minimum absolute atomic E-state index is 0.0791. The van der Waals surface area contributed by atoms with E-state index >= 15 is 0 Å². The van der Waals surface area contributed by atoms with E-state index in [2.05, 4.69) is 88.5 Å². The molecule has 0 aliphatic rings. The van der Waals surface area contributed by atoms with Gasteiger partial charge >= 0.3 is 39.5 Å². The SMILES string of the molecule is CCCC/C=C\CCCCCCCC(=O)OC(COC(=O)CCCCCCCCCCCCCCCCC)COP(=O)(O)OCC(O)COP(=O)(O)OCC(COC(=O)CCCCCCC/C=C\C/C=C\CCCCC)OC(=O)CCCCCCC/C=C\C/C=C\CCCCC. The van der Waals surface area contributed by atoms with E-state index in [-0.39, 0.29) is 25.7 Å². The van der Waals surface area contributed by atoms with Crippen LogP contribution in [-0.4, -0.2) is 96.7 Å². The molecule has 0 bridgehead atoms. The van der Waals surface area contributed by atoms with E-state index in [1.54, 1.807) is 0 Å². The molecule has 0 amide bonds. The lowest BCUT2D eigenvalue weighted by atomic mass is 10.0. The first kappa shape index (κ1) is 92.8. The van der Waals surface area contributed by atoms with Gasteiger partial charge in [0.15, 0.2) is 12.2 Å². The summed E-state index contributed by atoms with van der Waals surface area (Å²) in [6.07, 6.45) is 67.8. The van der Waals surface area contributed by atoms with E-state index in [0.29, 0.717) is 25.7 Å². The Hall–Kier alpha value is -3.24. The standard InChI is InChI=1S/C77H140O17P2/c1-5-9-13-17-21-25-29-32-35-38-42-45-49-53-57-61-74(79)87-67-72(93-76(81)63-59-55-51-47-41-28-24-20-16-12-8-4)69-91-95(83,84)89-65-71(78)66-90-96(85,86)92-70-73(94-77(82)64-60-56-52-48-44-40-37-34-31-27-23-19-15-11-7-3)68-88-75(80)62-58-54-50-46-43-39-36-33-30-26-22-18-14-10-6-2/h20,22-24,26-27,33-34,36-37,71-73,78H,5-19,21,25,28-32,35,38-70H2,1-4H3,(H,83,84)(H,85,86)/b24-20-,26-22-,27-23-,36-33-,37-34-. The molecule has 17 nitrogen and oxygen atoms in total. The number of hydrogen-bond acceptors (Lipinski definition) is 15. The molecule has 0 saturated heterocycles. The minimum atomic E-state index is -4.97. The summed E-state index contributed by atoms with van der Waals surface area (Å²) in [5, 5.41) is 10.6. The highest BCUT2D eigenvalue weighted by molar-refractivity contribution is 7.47. The van der Waals surface area contributed by atoms with Gasteiger partial charge in [-0.15, -0.1) is 0 Å². The van der Waals surface area contributed by atoms with Crippen molar-refractivity contribution >= 4 is 39.5 Å². The number of unbranched alkanes of at least 4 members (excludes halogenated alkanes) is 37. The van der Waals surface area contributed by atoms with Gasteiger partial charge in [0, 0.05) is 25.7 Å². The fourth-order valence-corrected chi connectivity index (χ4v) is 12.1. The van der Waals surface area contributed by atoms with E-state index in [4.69, 9.17) is 37.0 Å². The molecule has 0 heterocycles. The van der Waals surface area contributed by atoms with Crippen LogP contribution in [0.1, 0.15) is 349 Å². The molecular weight excluding hydrogens is 1260 g/mol. The van der Waals surface area contributed by atoms with Crippen LogP contribution >= 0.6 is 15.6 Å². The number of carbonyl (C=O) groups is 4. The van der Waals surface area contributed by atoms with Gasteiger partial charge in [-0.3, -0.25) is 37.3 Å². The average Bonchev–Trinajstić information content (AvgIpc) is 1.98. The highest BCUT2D eigenvalue weighted by Crippen LogP contribution is 2.45. The van der Waals surface area contributed by atoms with Crippen LogP contribution < -0.4 is 0 Å².